The van der Waals surface area contributed by atoms with Gasteiger partial charge in [-0.2, -0.15) is 0 Å². The molecule has 0 aromatic heterocycles. The predicted molar refractivity (Wildman–Crippen MR) is 101 cm³/mol. The number of piperidine rings is 1. The minimum atomic E-state index is -0.367. The van der Waals surface area contributed by atoms with Crippen LogP contribution in [-0.2, 0) is 0 Å². The van der Waals surface area contributed by atoms with Crippen molar-refractivity contribution in [2.45, 2.75) is 52.1 Å². The van der Waals surface area contributed by atoms with E-state index in [0.717, 1.165) is 19.3 Å². The number of carbonyl (C=O) groups is 2. The molecule has 0 radical (unpaired) electrons. The molecule has 144 valence electrons. The van der Waals surface area contributed by atoms with Gasteiger partial charge in [-0.25, -0.2) is 4.79 Å². The summed E-state index contributed by atoms with van der Waals surface area (Å²) in [7, 11) is 3.04. The van der Waals surface area contributed by atoms with Crippen LogP contribution in [-0.4, -0.2) is 49.7 Å². The summed E-state index contributed by atoms with van der Waals surface area (Å²) in [4.78, 5) is 27.2. The van der Waals surface area contributed by atoms with Crippen LogP contribution in [0, 0.1) is 0 Å². The van der Waals surface area contributed by atoms with E-state index in [-0.39, 0.29) is 24.0 Å². The summed E-state index contributed by atoms with van der Waals surface area (Å²) in [6.45, 7) is 6.44. The van der Waals surface area contributed by atoms with Crippen LogP contribution in [0.5, 0.6) is 11.5 Å². The smallest absolute Gasteiger partial charge is 0.319 e. The number of amides is 3. The van der Waals surface area contributed by atoms with Crippen LogP contribution < -0.4 is 20.1 Å². The number of ether oxygens (including phenoxy) is 2. The summed E-state index contributed by atoms with van der Waals surface area (Å²) < 4.78 is 10.7. The number of hydrogen-bond acceptors (Lipinski definition) is 4. The van der Waals surface area contributed by atoms with Crippen molar-refractivity contribution in [1.29, 1.82) is 0 Å². The van der Waals surface area contributed by atoms with E-state index in [4.69, 9.17) is 9.47 Å². The first kappa shape index (κ1) is 19.9. The zero-order valence-corrected chi connectivity index (χ0v) is 16.2. The van der Waals surface area contributed by atoms with Gasteiger partial charge in [-0.05, 0) is 46.1 Å². The van der Waals surface area contributed by atoms with Gasteiger partial charge in [0.25, 0.3) is 5.91 Å². The highest BCUT2D eigenvalue weighted by atomic mass is 16.5. The van der Waals surface area contributed by atoms with Crippen molar-refractivity contribution in [3.63, 3.8) is 0 Å². The molecule has 2 N–H and O–H groups in total. The summed E-state index contributed by atoms with van der Waals surface area (Å²) in [6, 6.07) is 3.19. The zero-order chi connectivity index (χ0) is 19.3. The summed E-state index contributed by atoms with van der Waals surface area (Å²) in [5, 5.41) is 5.43. The molecular weight excluding hydrogens is 334 g/mol. The molecule has 1 heterocycles. The summed E-state index contributed by atoms with van der Waals surface area (Å²) in [5.74, 6) is 0.794. The van der Waals surface area contributed by atoms with E-state index in [2.05, 4.69) is 24.5 Å². The van der Waals surface area contributed by atoms with Crippen LogP contribution in [0.25, 0.3) is 0 Å². The van der Waals surface area contributed by atoms with E-state index in [1.807, 2.05) is 11.8 Å². The molecule has 3 amide bonds. The molecule has 26 heavy (non-hydrogen) atoms. The fraction of sp³-hybridized carbons (Fsp3) is 0.579. The first-order valence-corrected chi connectivity index (χ1v) is 9.06. The maximum absolute atomic E-state index is 13.3. The number of anilines is 1. The lowest BCUT2D eigenvalue weighted by molar-refractivity contribution is 0.0511. The van der Waals surface area contributed by atoms with Crippen molar-refractivity contribution >= 4 is 17.6 Å². The summed E-state index contributed by atoms with van der Waals surface area (Å²) in [5.41, 5.74) is 0.804. The second-order valence-corrected chi connectivity index (χ2v) is 6.58. The molecule has 1 saturated heterocycles. The molecule has 2 atom stereocenters. The van der Waals surface area contributed by atoms with E-state index >= 15 is 0 Å². The lowest BCUT2D eigenvalue weighted by atomic mass is 9.96. The average molecular weight is 363 g/mol. The highest BCUT2D eigenvalue weighted by Crippen LogP contribution is 2.35. The van der Waals surface area contributed by atoms with Crippen LogP contribution >= 0.6 is 0 Å². The van der Waals surface area contributed by atoms with Crippen LogP contribution in [0.4, 0.5) is 10.5 Å². The molecule has 0 unspecified atom stereocenters. The van der Waals surface area contributed by atoms with Crippen molar-refractivity contribution in [1.82, 2.24) is 10.2 Å². The Hall–Kier alpha value is -2.44. The van der Waals surface area contributed by atoms with Gasteiger partial charge < -0.3 is 25.0 Å². The Bertz CT molecular complexity index is 652. The second kappa shape index (κ2) is 8.78. The first-order chi connectivity index (χ1) is 12.4. The molecule has 1 aromatic rings. The number of urea groups is 1. The molecule has 0 bridgehead atoms. The number of nitrogens with one attached hydrogen (secondary N) is 2. The van der Waals surface area contributed by atoms with Crippen molar-refractivity contribution in [2.24, 2.45) is 0 Å². The molecule has 0 saturated carbocycles. The van der Waals surface area contributed by atoms with E-state index in [1.54, 1.807) is 12.1 Å². The molecule has 0 aliphatic carbocycles. The van der Waals surface area contributed by atoms with Crippen molar-refractivity contribution in [3.8, 4) is 11.5 Å². The Labute approximate surface area is 155 Å². The number of rotatable bonds is 5. The Kier molecular flexibility index (Phi) is 6.71. The zero-order valence-electron chi connectivity index (χ0n) is 16.2. The topological polar surface area (TPSA) is 79.9 Å². The molecule has 7 heteroatoms. The molecule has 1 aliphatic heterocycles. The lowest BCUT2D eigenvalue weighted by Gasteiger charge is -2.39. The Balaban J connectivity index is 2.46. The maximum Gasteiger partial charge on any atom is 0.319 e. The molecule has 1 fully saturated rings. The van der Waals surface area contributed by atoms with E-state index < -0.39 is 0 Å². The van der Waals surface area contributed by atoms with E-state index in [0.29, 0.717) is 29.3 Å². The van der Waals surface area contributed by atoms with Crippen LogP contribution in [0.2, 0.25) is 0 Å². The van der Waals surface area contributed by atoms with E-state index in [9.17, 15) is 9.59 Å². The largest absolute Gasteiger partial charge is 0.493 e. The number of nitrogens with zero attached hydrogens (tertiary/aromatic N) is 1. The maximum atomic E-state index is 13.3. The quantitative estimate of drug-likeness (QED) is 0.842. The average Bonchev–Trinajstić information content (AvgIpc) is 2.61. The van der Waals surface area contributed by atoms with Crippen molar-refractivity contribution in [2.75, 3.05) is 26.1 Å². The number of methoxy groups -OCH3 is 2. The molecular formula is C19H29N3O4. The summed E-state index contributed by atoms with van der Waals surface area (Å²) >= 11 is 0. The van der Waals surface area contributed by atoms with Gasteiger partial charge in [0.1, 0.15) is 0 Å². The van der Waals surface area contributed by atoms with Gasteiger partial charge in [0.05, 0.1) is 25.5 Å². The van der Waals surface area contributed by atoms with Crippen LogP contribution in [0.15, 0.2) is 12.1 Å². The highest BCUT2D eigenvalue weighted by Gasteiger charge is 2.31. The fourth-order valence-electron chi connectivity index (χ4n) is 3.45. The Morgan fingerprint density at radius 3 is 2.23 bits per heavy atom. The standard InChI is InChI=1S/C19H29N3O4/c1-6-20-19(24)21-15-11-17(26-5)16(25-4)10-14(15)18(23)22-12(2)8-7-9-13(22)3/h10-13H,6-9H2,1-5H3,(H2,20,21,24)/t12-,13+. The van der Waals surface area contributed by atoms with E-state index in [1.165, 1.54) is 14.2 Å². The van der Waals surface area contributed by atoms with Gasteiger partial charge in [-0.1, -0.05) is 0 Å². The fourth-order valence-corrected chi connectivity index (χ4v) is 3.45. The number of carbonyl (C=O) groups excluding carboxylic acids is 2. The van der Waals surface area contributed by atoms with Gasteiger partial charge in [-0.3, -0.25) is 4.79 Å². The Morgan fingerprint density at radius 2 is 1.69 bits per heavy atom. The van der Waals surface area contributed by atoms with Gasteiger partial charge in [0.15, 0.2) is 11.5 Å². The minimum Gasteiger partial charge on any atom is -0.493 e. The molecule has 0 spiro atoms. The number of hydrogen-bond donors (Lipinski definition) is 2. The van der Waals surface area contributed by atoms with Crippen molar-refractivity contribution < 1.29 is 19.1 Å². The molecule has 1 aromatic carbocycles. The minimum absolute atomic E-state index is 0.113. The first-order valence-electron chi connectivity index (χ1n) is 9.06. The monoisotopic (exact) mass is 363 g/mol. The summed E-state index contributed by atoms with van der Waals surface area (Å²) in [6.07, 6.45) is 3.06. The predicted octanol–water partition coefficient (Wildman–Crippen LogP) is 3.25. The van der Waals surface area contributed by atoms with Gasteiger partial charge in [0.2, 0.25) is 0 Å². The second-order valence-electron chi connectivity index (χ2n) is 6.58. The normalized spacial score (nSPS) is 19.7. The molecule has 2 rings (SSSR count). The number of benzene rings is 1. The number of likely N-dealkylation sites (tertiary alicyclic amines) is 1. The van der Waals surface area contributed by atoms with Crippen LogP contribution in [0.1, 0.15) is 50.4 Å². The molecule has 1 aliphatic rings. The molecule has 7 nitrogen and oxygen atoms in total. The third-order valence-corrected chi connectivity index (χ3v) is 4.77. The highest BCUT2D eigenvalue weighted by molar-refractivity contribution is 6.04. The van der Waals surface area contributed by atoms with Gasteiger partial charge >= 0.3 is 6.03 Å². The van der Waals surface area contributed by atoms with Crippen molar-refractivity contribution in [3.05, 3.63) is 17.7 Å². The third-order valence-electron chi connectivity index (χ3n) is 4.77. The Morgan fingerprint density at radius 1 is 1.12 bits per heavy atom. The third kappa shape index (κ3) is 4.20. The SMILES string of the molecule is CCNC(=O)Nc1cc(OC)c(OC)cc1C(=O)N1[C@H](C)CCC[C@@H]1C. The van der Waals surface area contributed by atoms with Crippen LogP contribution in [0.3, 0.4) is 0 Å². The van der Waals surface area contributed by atoms with Gasteiger partial charge in [0, 0.05) is 24.7 Å². The lowest BCUT2D eigenvalue weighted by Crippen LogP contribution is -2.47. The van der Waals surface area contributed by atoms with Gasteiger partial charge in [-0.15, -0.1) is 0 Å².